The molecule has 0 saturated carbocycles. The highest BCUT2D eigenvalue weighted by Crippen LogP contribution is 1.88. The lowest BCUT2D eigenvalue weighted by molar-refractivity contribution is -0.123. The van der Waals surface area contributed by atoms with Crippen molar-refractivity contribution < 1.29 is 4.79 Å². The molecule has 0 aliphatic rings. The number of rotatable bonds is 5. The first-order valence-corrected chi connectivity index (χ1v) is 4.22. The van der Waals surface area contributed by atoms with Crippen LogP contribution >= 0.6 is 0 Å². The van der Waals surface area contributed by atoms with Crippen molar-refractivity contribution in [1.82, 2.24) is 15.8 Å². The van der Waals surface area contributed by atoms with Gasteiger partial charge >= 0.3 is 0 Å². The number of nitrogens with one attached hydrogen (secondary N) is 2. The number of carbonyl (C=O) groups excluding carboxylic acids is 1. The maximum absolute atomic E-state index is 11.0. The second-order valence-corrected chi connectivity index (χ2v) is 3.25. The molecule has 0 unspecified atom stereocenters. The van der Waals surface area contributed by atoms with E-state index < -0.39 is 0 Å². The van der Waals surface area contributed by atoms with Crippen LogP contribution in [0.4, 0.5) is 0 Å². The van der Waals surface area contributed by atoms with Crippen molar-refractivity contribution in [3.05, 3.63) is 0 Å². The minimum absolute atomic E-state index is 0.0735. The molecule has 0 aromatic carbocycles. The van der Waals surface area contributed by atoms with E-state index in [1.165, 1.54) is 0 Å². The first-order valence-electron chi connectivity index (χ1n) is 4.22. The average molecular weight is 173 g/mol. The number of nitrogens with zero attached hydrogens (tertiary/aromatic N) is 1. The van der Waals surface area contributed by atoms with Crippen LogP contribution in [0.2, 0.25) is 0 Å². The SMILES string of the molecule is CC(C)C(=O)NCCNN(C)C. The van der Waals surface area contributed by atoms with Gasteiger partial charge in [0.05, 0.1) is 0 Å². The standard InChI is InChI=1S/C8H19N3O/c1-7(2)8(12)9-5-6-10-11(3)4/h7,10H,5-6H2,1-4H3,(H,9,12). The summed E-state index contributed by atoms with van der Waals surface area (Å²) in [5.41, 5.74) is 3.06. The van der Waals surface area contributed by atoms with E-state index in [1.54, 1.807) is 0 Å². The van der Waals surface area contributed by atoms with Crippen molar-refractivity contribution in [2.24, 2.45) is 5.92 Å². The Morgan fingerprint density at radius 3 is 2.33 bits per heavy atom. The Morgan fingerprint density at radius 2 is 1.92 bits per heavy atom. The van der Waals surface area contributed by atoms with Crippen LogP contribution in [0.15, 0.2) is 0 Å². The molecule has 0 aliphatic carbocycles. The van der Waals surface area contributed by atoms with Crippen LogP contribution in [-0.2, 0) is 4.79 Å². The molecule has 0 heterocycles. The number of hydrogen-bond donors (Lipinski definition) is 2. The predicted molar refractivity (Wildman–Crippen MR) is 49.5 cm³/mol. The summed E-state index contributed by atoms with van der Waals surface area (Å²) in [5.74, 6) is 0.180. The van der Waals surface area contributed by atoms with Gasteiger partial charge in [0.2, 0.25) is 5.91 Å². The zero-order valence-electron chi connectivity index (χ0n) is 8.35. The van der Waals surface area contributed by atoms with Gasteiger partial charge in [-0.1, -0.05) is 13.8 Å². The van der Waals surface area contributed by atoms with Gasteiger partial charge in [0, 0.05) is 33.1 Å². The van der Waals surface area contributed by atoms with Crippen LogP contribution < -0.4 is 10.7 Å². The Kier molecular flexibility index (Phi) is 5.66. The van der Waals surface area contributed by atoms with Crippen molar-refractivity contribution >= 4 is 5.91 Å². The van der Waals surface area contributed by atoms with Crippen LogP contribution in [0.3, 0.4) is 0 Å². The van der Waals surface area contributed by atoms with Crippen molar-refractivity contribution in [3.63, 3.8) is 0 Å². The second-order valence-electron chi connectivity index (χ2n) is 3.25. The number of amides is 1. The fourth-order valence-electron chi connectivity index (χ4n) is 0.669. The van der Waals surface area contributed by atoms with Crippen LogP contribution in [-0.4, -0.2) is 38.1 Å². The van der Waals surface area contributed by atoms with Gasteiger partial charge in [0.15, 0.2) is 0 Å². The van der Waals surface area contributed by atoms with Crippen LogP contribution in [0, 0.1) is 5.92 Å². The molecule has 72 valence electrons. The van der Waals surface area contributed by atoms with E-state index in [0.717, 1.165) is 6.54 Å². The average Bonchev–Trinajstić information content (AvgIpc) is 1.97. The quantitative estimate of drug-likeness (QED) is 0.448. The fraction of sp³-hybridized carbons (Fsp3) is 0.875. The fourth-order valence-corrected chi connectivity index (χ4v) is 0.669. The number of hydrogen-bond acceptors (Lipinski definition) is 3. The highest BCUT2D eigenvalue weighted by molar-refractivity contribution is 5.77. The molecule has 0 saturated heterocycles. The zero-order valence-corrected chi connectivity index (χ0v) is 8.35. The molecule has 0 aromatic rings. The van der Waals surface area contributed by atoms with Crippen molar-refractivity contribution in [1.29, 1.82) is 0 Å². The van der Waals surface area contributed by atoms with E-state index in [2.05, 4.69) is 10.7 Å². The molecular formula is C8H19N3O. The summed E-state index contributed by atoms with van der Waals surface area (Å²) in [6.07, 6.45) is 0. The molecule has 1 amide bonds. The Balaban J connectivity index is 3.26. The molecule has 0 bridgehead atoms. The molecule has 2 N–H and O–H groups in total. The lowest BCUT2D eigenvalue weighted by Gasteiger charge is -2.12. The van der Waals surface area contributed by atoms with E-state index in [4.69, 9.17) is 0 Å². The third-order valence-electron chi connectivity index (χ3n) is 1.38. The van der Waals surface area contributed by atoms with E-state index in [9.17, 15) is 4.79 Å². The number of hydrazine groups is 1. The summed E-state index contributed by atoms with van der Waals surface area (Å²) in [6.45, 7) is 5.21. The van der Waals surface area contributed by atoms with Gasteiger partial charge in [-0.2, -0.15) is 0 Å². The maximum Gasteiger partial charge on any atom is 0.222 e. The first-order chi connectivity index (χ1) is 5.54. The smallest absolute Gasteiger partial charge is 0.222 e. The molecule has 12 heavy (non-hydrogen) atoms. The Morgan fingerprint density at radius 1 is 1.33 bits per heavy atom. The molecule has 0 rings (SSSR count). The molecule has 4 heteroatoms. The van der Waals surface area contributed by atoms with Gasteiger partial charge in [0.1, 0.15) is 0 Å². The highest BCUT2D eigenvalue weighted by atomic mass is 16.1. The molecule has 0 atom stereocenters. The zero-order chi connectivity index (χ0) is 9.56. The summed E-state index contributed by atoms with van der Waals surface area (Å²) in [4.78, 5) is 11.0. The Bertz CT molecular complexity index is 134. The largest absolute Gasteiger partial charge is 0.355 e. The van der Waals surface area contributed by atoms with Gasteiger partial charge in [-0.3, -0.25) is 15.2 Å². The van der Waals surface area contributed by atoms with Crippen LogP contribution in [0.5, 0.6) is 0 Å². The summed E-state index contributed by atoms with van der Waals surface area (Å²) in [7, 11) is 3.84. The Labute approximate surface area is 74.3 Å². The summed E-state index contributed by atoms with van der Waals surface area (Å²) < 4.78 is 0. The molecule has 0 aromatic heterocycles. The summed E-state index contributed by atoms with van der Waals surface area (Å²) in [6, 6.07) is 0. The first kappa shape index (κ1) is 11.4. The van der Waals surface area contributed by atoms with Gasteiger partial charge < -0.3 is 5.32 Å². The monoisotopic (exact) mass is 173 g/mol. The molecule has 0 fully saturated rings. The van der Waals surface area contributed by atoms with Crippen molar-refractivity contribution in [2.45, 2.75) is 13.8 Å². The van der Waals surface area contributed by atoms with Crippen LogP contribution in [0.1, 0.15) is 13.8 Å². The number of carbonyl (C=O) groups is 1. The predicted octanol–water partition coefficient (Wildman–Crippen LogP) is -0.175. The minimum atomic E-state index is 0.0735. The lowest BCUT2D eigenvalue weighted by atomic mass is 10.2. The van der Waals surface area contributed by atoms with E-state index in [1.807, 2.05) is 33.0 Å². The molecule has 0 aliphatic heterocycles. The van der Waals surface area contributed by atoms with Gasteiger partial charge in [-0.25, -0.2) is 0 Å². The lowest BCUT2D eigenvalue weighted by Crippen LogP contribution is -2.39. The normalized spacial score (nSPS) is 10.8. The molecule has 0 radical (unpaired) electrons. The second kappa shape index (κ2) is 5.97. The van der Waals surface area contributed by atoms with Crippen LogP contribution in [0.25, 0.3) is 0 Å². The van der Waals surface area contributed by atoms with Crippen molar-refractivity contribution in [2.75, 3.05) is 27.2 Å². The van der Waals surface area contributed by atoms with Gasteiger partial charge in [-0.15, -0.1) is 0 Å². The maximum atomic E-state index is 11.0. The summed E-state index contributed by atoms with van der Waals surface area (Å²) in [5, 5.41) is 4.67. The minimum Gasteiger partial charge on any atom is -0.355 e. The van der Waals surface area contributed by atoms with E-state index in [0.29, 0.717) is 6.54 Å². The van der Waals surface area contributed by atoms with E-state index in [-0.39, 0.29) is 11.8 Å². The topological polar surface area (TPSA) is 44.4 Å². The third-order valence-corrected chi connectivity index (χ3v) is 1.38. The third kappa shape index (κ3) is 6.12. The van der Waals surface area contributed by atoms with Crippen molar-refractivity contribution in [3.8, 4) is 0 Å². The molecular weight excluding hydrogens is 154 g/mol. The van der Waals surface area contributed by atoms with Gasteiger partial charge in [0.25, 0.3) is 0 Å². The van der Waals surface area contributed by atoms with E-state index >= 15 is 0 Å². The Hall–Kier alpha value is -0.610. The molecule has 0 spiro atoms. The summed E-state index contributed by atoms with van der Waals surface area (Å²) >= 11 is 0. The molecule has 4 nitrogen and oxygen atoms in total. The van der Waals surface area contributed by atoms with Gasteiger partial charge in [-0.05, 0) is 0 Å². The highest BCUT2D eigenvalue weighted by Gasteiger charge is 2.04.